The molecule has 2 bridgehead atoms. The van der Waals surface area contributed by atoms with Crippen LogP contribution in [0.4, 0.5) is 0 Å². The number of aliphatic hydroxyl groups is 1. The average Bonchev–Trinajstić information content (AvgIpc) is 3.75. The van der Waals surface area contributed by atoms with Crippen LogP contribution in [0.15, 0.2) is 86.0 Å². The van der Waals surface area contributed by atoms with Gasteiger partial charge in [-0.05, 0) is 36.8 Å². The van der Waals surface area contributed by atoms with Crippen LogP contribution in [0, 0.1) is 17.8 Å². The van der Waals surface area contributed by atoms with E-state index in [0.29, 0.717) is 24.8 Å². The smallest absolute Gasteiger partial charge is 0.313 e. The van der Waals surface area contributed by atoms with Crippen LogP contribution in [0.2, 0.25) is 0 Å². The van der Waals surface area contributed by atoms with E-state index in [4.69, 9.17) is 9.47 Å². The van der Waals surface area contributed by atoms with Crippen molar-refractivity contribution in [3.05, 3.63) is 97.1 Å². The number of hydrogen-bond acceptors (Lipinski definition) is 7. The number of amides is 3. The molecule has 280 valence electrons. The van der Waals surface area contributed by atoms with Crippen molar-refractivity contribution < 1.29 is 33.8 Å². The molecule has 1 spiro atoms. The standard InChI is InChI=1S/C41H52BrN3O7/c1-7-10-21-32(47)43(6)27(5)35(29-19-15-12-16-20-29)51-40(50)33-34-38(48)45(31(25-46)26(4)9-3)37(41(34)23-30(42)36(33)52-41)39(49)44(22-8-2)24-28-17-13-11-14-18-28/h7-8,11-20,26-27,30-31,33-37,46H,1-2,9-10,21-25H2,3-6H3/t26-,27-,30?,31-,33-,34+,35+,36-,37-,41+/m0/s1. The van der Waals surface area contributed by atoms with Gasteiger partial charge < -0.3 is 29.3 Å². The number of fused-ring (bicyclic) bond motifs is 1. The van der Waals surface area contributed by atoms with E-state index in [1.165, 1.54) is 4.90 Å². The lowest BCUT2D eigenvalue weighted by Crippen LogP contribution is -2.59. The molecule has 3 aliphatic heterocycles. The Morgan fingerprint density at radius 1 is 1.10 bits per heavy atom. The van der Waals surface area contributed by atoms with Gasteiger partial charge in [0.05, 0.1) is 36.6 Å². The topological polar surface area (TPSA) is 117 Å². The van der Waals surface area contributed by atoms with Crippen molar-refractivity contribution in [1.29, 1.82) is 0 Å². The number of halogens is 1. The minimum atomic E-state index is -1.35. The third-order valence-corrected chi connectivity index (χ3v) is 12.2. The maximum atomic E-state index is 14.9. The van der Waals surface area contributed by atoms with Crippen molar-refractivity contribution in [3.63, 3.8) is 0 Å². The van der Waals surface area contributed by atoms with Crippen LogP contribution in [-0.2, 0) is 35.2 Å². The highest BCUT2D eigenvalue weighted by Crippen LogP contribution is 2.61. The Bertz CT molecular complexity index is 1610. The Morgan fingerprint density at radius 2 is 1.75 bits per heavy atom. The van der Waals surface area contributed by atoms with Gasteiger partial charge in [0.1, 0.15) is 17.7 Å². The minimum absolute atomic E-state index is 0.116. The number of allylic oxidation sites excluding steroid dienone is 1. The summed E-state index contributed by atoms with van der Waals surface area (Å²) in [5.74, 6) is -3.69. The maximum Gasteiger partial charge on any atom is 0.313 e. The molecule has 10 atom stereocenters. The van der Waals surface area contributed by atoms with Gasteiger partial charge in [0, 0.05) is 31.4 Å². The summed E-state index contributed by atoms with van der Waals surface area (Å²) in [7, 11) is 1.69. The molecule has 11 heteroatoms. The molecule has 0 saturated carbocycles. The zero-order valence-corrected chi connectivity index (χ0v) is 32.2. The Morgan fingerprint density at radius 3 is 2.35 bits per heavy atom. The summed E-state index contributed by atoms with van der Waals surface area (Å²) >= 11 is 3.76. The highest BCUT2D eigenvalue weighted by Gasteiger charge is 2.77. The van der Waals surface area contributed by atoms with Crippen LogP contribution >= 0.6 is 15.9 Å². The van der Waals surface area contributed by atoms with Gasteiger partial charge in [0.2, 0.25) is 17.7 Å². The number of aliphatic hydroxyl groups excluding tert-OH is 1. The van der Waals surface area contributed by atoms with Crippen LogP contribution in [0.25, 0.3) is 0 Å². The van der Waals surface area contributed by atoms with Crippen molar-refractivity contribution in [1.82, 2.24) is 14.7 Å². The molecule has 3 amide bonds. The first-order chi connectivity index (χ1) is 24.9. The van der Waals surface area contributed by atoms with Crippen LogP contribution in [0.5, 0.6) is 0 Å². The van der Waals surface area contributed by atoms with Gasteiger partial charge in [-0.1, -0.05) is 109 Å². The predicted molar refractivity (Wildman–Crippen MR) is 202 cm³/mol. The van der Waals surface area contributed by atoms with Crippen LogP contribution in [0.1, 0.15) is 63.7 Å². The average molecular weight is 779 g/mol. The molecule has 1 N–H and O–H groups in total. The normalized spacial score (nSPS) is 26.9. The van der Waals surface area contributed by atoms with Gasteiger partial charge in [0.25, 0.3) is 0 Å². The molecule has 3 aliphatic rings. The van der Waals surface area contributed by atoms with Gasteiger partial charge in [-0.15, -0.1) is 13.2 Å². The van der Waals surface area contributed by atoms with Crippen molar-refractivity contribution in [2.24, 2.45) is 17.8 Å². The van der Waals surface area contributed by atoms with Gasteiger partial charge in [-0.2, -0.15) is 0 Å². The lowest BCUT2D eigenvalue weighted by molar-refractivity contribution is -0.165. The molecule has 10 nitrogen and oxygen atoms in total. The summed E-state index contributed by atoms with van der Waals surface area (Å²) in [5, 5.41) is 10.8. The number of nitrogens with zero attached hydrogens (tertiary/aromatic N) is 3. The van der Waals surface area contributed by atoms with E-state index >= 15 is 0 Å². The summed E-state index contributed by atoms with van der Waals surface area (Å²) in [6.45, 7) is 13.5. The molecule has 2 aromatic carbocycles. The van der Waals surface area contributed by atoms with Gasteiger partial charge in [0.15, 0.2) is 0 Å². The second kappa shape index (κ2) is 16.9. The molecule has 3 fully saturated rings. The molecule has 52 heavy (non-hydrogen) atoms. The molecule has 5 rings (SSSR count). The second-order valence-corrected chi connectivity index (χ2v) is 15.6. The van der Waals surface area contributed by atoms with E-state index in [2.05, 4.69) is 29.1 Å². The van der Waals surface area contributed by atoms with Crippen molar-refractivity contribution in [3.8, 4) is 0 Å². The molecular weight excluding hydrogens is 726 g/mol. The molecular formula is C41H52BrN3O7. The van der Waals surface area contributed by atoms with E-state index in [-0.39, 0.29) is 48.7 Å². The van der Waals surface area contributed by atoms with Crippen molar-refractivity contribution >= 4 is 39.6 Å². The molecule has 2 aromatic rings. The highest BCUT2D eigenvalue weighted by molar-refractivity contribution is 9.09. The molecule has 0 aliphatic carbocycles. The van der Waals surface area contributed by atoms with E-state index in [9.17, 15) is 24.3 Å². The summed E-state index contributed by atoms with van der Waals surface area (Å²) in [4.78, 5) is 62.0. The lowest BCUT2D eigenvalue weighted by Gasteiger charge is -2.41. The fraction of sp³-hybridized carbons (Fsp3) is 0.512. The summed E-state index contributed by atoms with van der Waals surface area (Å²) in [6.07, 6.45) is 3.50. The Labute approximate surface area is 315 Å². The second-order valence-electron chi connectivity index (χ2n) is 14.4. The number of alkyl halides is 1. The van der Waals surface area contributed by atoms with Crippen LogP contribution in [0.3, 0.4) is 0 Å². The first kappa shape index (κ1) is 39.4. The first-order valence-electron chi connectivity index (χ1n) is 18.3. The minimum Gasteiger partial charge on any atom is -0.455 e. The van der Waals surface area contributed by atoms with E-state index < -0.39 is 59.6 Å². The Balaban J connectivity index is 1.54. The van der Waals surface area contributed by atoms with Crippen molar-refractivity contribution in [2.75, 3.05) is 20.2 Å². The summed E-state index contributed by atoms with van der Waals surface area (Å²) < 4.78 is 13.2. The summed E-state index contributed by atoms with van der Waals surface area (Å²) in [6, 6.07) is 16.5. The van der Waals surface area contributed by atoms with Crippen molar-refractivity contribution in [2.45, 2.75) is 93.8 Å². The van der Waals surface area contributed by atoms with Crippen LogP contribution < -0.4 is 0 Å². The molecule has 0 radical (unpaired) electrons. The van der Waals surface area contributed by atoms with Gasteiger partial charge in [-0.25, -0.2) is 0 Å². The fourth-order valence-corrected chi connectivity index (χ4v) is 9.22. The highest BCUT2D eigenvalue weighted by atomic mass is 79.9. The third kappa shape index (κ3) is 7.37. The fourth-order valence-electron chi connectivity index (χ4n) is 8.28. The number of likely N-dealkylation sites (tertiary alicyclic amines) is 1. The summed E-state index contributed by atoms with van der Waals surface area (Å²) in [5.41, 5.74) is 0.263. The number of ether oxygens (including phenoxy) is 2. The lowest BCUT2D eigenvalue weighted by atomic mass is 9.70. The molecule has 3 saturated heterocycles. The zero-order valence-electron chi connectivity index (χ0n) is 30.6. The van der Waals surface area contributed by atoms with E-state index in [1.54, 1.807) is 29.0 Å². The van der Waals surface area contributed by atoms with E-state index in [0.717, 1.165) is 5.56 Å². The molecule has 0 aromatic heterocycles. The number of benzene rings is 2. The Kier molecular flexibility index (Phi) is 12.8. The quantitative estimate of drug-likeness (QED) is 0.129. The first-order valence-corrected chi connectivity index (χ1v) is 19.2. The van der Waals surface area contributed by atoms with Gasteiger partial charge >= 0.3 is 5.97 Å². The molecule has 3 heterocycles. The molecule has 1 unspecified atom stereocenters. The monoisotopic (exact) mass is 777 g/mol. The number of carbonyl (C=O) groups is 4. The number of likely N-dealkylation sites (N-methyl/N-ethyl adjacent to an activating group) is 1. The zero-order chi connectivity index (χ0) is 37.7. The Hall–Kier alpha value is -3.80. The van der Waals surface area contributed by atoms with Gasteiger partial charge in [-0.3, -0.25) is 19.2 Å². The number of hydrogen-bond donors (Lipinski definition) is 1. The van der Waals surface area contributed by atoms with Crippen LogP contribution in [-0.4, -0.2) is 98.4 Å². The maximum absolute atomic E-state index is 14.9. The number of esters is 1. The SMILES string of the molecule is C=CCCC(=O)N(C)[C@@H](C)[C@@H](OC(=O)[C@@H]1[C@H]2O[C@@]3(CC2Br)[C@H](C(=O)N(CC=C)Cc2ccccc2)N([C@@H](CO)[C@@H](C)CC)C(=O)[C@@H]13)c1ccccc1. The largest absolute Gasteiger partial charge is 0.455 e. The number of carbonyl (C=O) groups excluding carboxylic acids is 4. The van der Waals surface area contributed by atoms with E-state index in [1.807, 2.05) is 81.4 Å². The number of rotatable bonds is 17. The third-order valence-electron chi connectivity index (χ3n) is 11.3. The predicted octanol–water partition coefficient (Wildman–Crippen LogP) is 5.45.